The van der Waals surface area contributed by atoms with Gasteiger partial charge in [0.1, 0.15) is 12.4 Å². The van der Waals surface area contributed by atoms with E-state index in [0.29, 0.717) is 12.3 Å². The minimum atomic E-state index is -0.180. The third kappa shape index (κ3) is 5.25. The zero-order valence-corrected chi connectivity index (χ0v) is 19.7. The molecular formula is C28H37N3O2. The molecule has 0 bridgehead atoms. The maximum Gasteiger partial charge on any atom is 0.220 e. The zero-order chi connectivity index (χ0) is 22.5. The molecule has 2 aromatic carbocycles. The average molecular weight is 448 g/mol. The van der Waals surface area contributed by atoms with Gasteiger partial charge in [0, 0.05) is 44.1 Å². The van der Waals surface area contributed by atoms with Gasteiger partial charge in [-0.05, 0) is 50.4 Å². The molecule has 1 spiro atoms. The van der Waals surface area contributed by atoms with Gasteiger partial charge in [0.2, 0.25) is 5.91 Å². The van der Waals surface area contributed by atoms with E-state index in [1.54, 1.807) is 0 Å². The van der Waals surface area contributed by atoms with Gasteiger partial charge in [-0.1, -0.05) is 55.0 Å². The Morgan fingerprint density at radius 3 is 2.58 bits per heavy atom. The molecule has 3 saturated heterocycles. The molecule has 3 heterocycles. The van der Waals surface area contributed by atoms with Crippen LogP contribution in [0, 0.1) is 0 Å². The molecule has 176 valence electrons. The molecule has 5 rings (SSSR count). The van der Waals surface area contributed by atoms with Crippen molar-refractivity contribution >= 4 is 5.91 Å². The van der Waals surface area contributed by atoms with E-state index in [9.17, 15) is 4.79 Å². The lowest BCUT2D eigenvalue weighted by Crippen LogP contribution is -2.52. The lowest BCUT2D eigenvalue weighted by Gasteiger charge is -2.35. The number of carbonyl (C=O) groups is 1. The third-order valence-electron chi connectivity index (χ3n) is 7.71. The number of nitrogens with one attached hydrogen (secondary N) is 1. The quantitative estimate of drug-likeness (QED) is 0.691. The second kappa shape index (κ2) is 10.3. The monoisotopic (exact) mass is 447 g/mol. The number of hydrogen-bond acceptors (Lipinski definition) is 4. The van der Waals surface area contributed by atoms with Crippen molar-refractivity contribution in [3.63, 3.8) is 0 Å². The average Bonchev–Trinajstić information content (AvgIpc) is 3.42. The molecule has 3 aliphatic heterocycles. The van der Waals surface area contributed by atoms with E-state index in [2.05, 4.69) is 69.7 Å². The van der Waals surface area contributed by atoms with E-state index < -0.39 is 0 Å². The molecule has 5 nitrogen and oxygen atoms in total. The number of ether oxygens (including phenoxy) is 1. The number of hydrogen-bond donors (Lipinski definition) is 1. The Bertz CT molecular complexity index is 928. The Morgan fingerprint density at radius 1 is 0.939 bits per heavy atom. The minimum absolute atomic E-state index is 0.180. The SMILES string of the molecule is O=C1CCCC[C@]2(CN(Cc3ccccc3OCCN3CCCC3)C[C@H]2c2ccccc2)N1. The van der Waals surface area contributed by atoms with E-state index in [1.807, 2.05) is 0 Å². The molecule has 0 radical (unpaired) electrons. The standard InChI is InChI=1S/C28H37N3O2/c32-27-14-6-7-15-28(29-27)22-31(21-25(28)23-10-2-1-3-11-23)20-24-12-4-5-13-26(24)33-19-18-30-16-8-9-17-30/h1-5,10-13,25H,6-9,14-22H2,(H,29,32)/t25-,28+/m0/s1. The van der Waals surface area contributed by atoms with E-state index in [1.165, 1.54) is 37.1 Å². The number of amides is 1. The first-order chi connectivity index (χ1) is 16.2. The van der Waals surface area contributed by atoms with Crippen LogP contribution in [-0.4, -0.2) is 60.6 Å². The van der Waals surface area contributed by atoms with Crippen LogP contribution in [0.1, 0.15) is 55.6 Å². The molecular weight excluding hydrogens is 410 g/mol. The van der Waals surface area contributed by atoms with Crippen LogP contribution in [0.4, 0.5) is 0 Å². The first-order valence-electron chi connectivity index (χ1n) is 12.7. The van der Waals surface area contributed by atoms with Crippen LogP contribution in [0.15, 0.2) is 54.6 Å². The fourth-order valence-corrected chi connectivity index (χ4v) is 6.05. The second-order valence-electron chi connectivity index (χ2n) is 10.0. The summed E-state index contributed by atoms with van der Waals surface area (Å²) in [5.41, 5.74) is 2.39. The second-order valence-corrected chi connectivity index (χ2v) is 10.0. The molecule has 33 heavy (non-hydrogen) atoms. The minimum Gasteiger partial charge on any atom is -0.492 e. The molecule has 2 atom stereocenters. The summed E-state index contributed by atoms with van der Waals surface area (Å²) in [5.74, 6) is 1.52. The summed E-state index contributed by atoms with van der Waals surface area (Å²) in [5, 5.41) is 3.48. The summed E-state index contributed by atoms with van der Waals surface area (Å²) < 4.78 is 6.26. The maximum atomic E-state index is 12.6. The molecule has 2 aromatic rings. The van der Waals surface area contributed by atoms with Gasteiger partial charge in [-0.2, -0.15) is 0 Å². The van der Waals surface area contributed by atoms with Crippen molar-refractivity contribution in [2.75, 3.05) is 39.3 Å². The molecule has 1 amide bonds. The highest BCUT2D eigenvalue weighted by molar-refractivity contribution is 5.77. The van der Waals surface area contributed by atoms with Crippen LogP contribution >= 0.6 is 0 Å². The van der Waals surface area contributed by atoms with Gasteiger partial charge < -0.3 is 10.1 Å². The fourth-order valence-electron chi connectivity index (χ4n) is 6.05. The molecule has 0 aromatic heterocycles. The smallest absolute Gasteiger partial charge is 0.220 e. The highest BCUT2D eigenvalue weighted by Gasteiger charge is 2.48. The van der Waals surface area contributed by atoms with Gasteiger partial charge in [-0.25, -0.2) is 0 Å². The van der Waals surface area contributed by atoms with Crippen LogP contribution in [0.25, 0.3) is 0 Å². The summed E-state index contributed by atoms with van der Waals surface area (Å²) in [6, 6.07) is 19.2. The predicted molar refractivity (Wildman–Crippen MR) is 131 cm³/mol. The Labute approximate surface area is 198 Å². The van der Waals surface area contributed by atoms with Crippen molar-refractivity contribution in [2.45, 2.75) is 56.5 Å². The number of benzene rings is 2. The lowest BCUT2D eigenvalue weighted by molar-refractivity contribution is -0.122. The van der Waals surface area contributed by atoms with Crippen molar-refractivity contribution < 1.29 is 9.53 Å². The number of para-hydroxylation sites is 1. The van der Waals surface area contributed by atoms with Crippen LogP contribution in [-0.2, 0) is 11.3 Å². The van der Waals surface area contributed by atoms with Gasteiger partial charge in [0.05, 0.1) is 5.54 Å². The summed E-state index contributed by atoms with van der Waals surface area (Å²) in [4.78, 5) is 17.6. The number of rotatable bonds is 7. The molecule has 3 fully saturated rings. The maximum absolute atomic E-state index is 12.6. The van der Waals surface area contributed by atoms with Gasteiger partial charge in [0.25, 0.3) is 0 Å². The van der Waals surface area contributed by atoms with Crippen molar-refractivity contribution in [3.05, 3.63) is 65.7 Å². The zero-order valence-electron chi connectivity index (χ0n) is 19.7. The molecule has 0 aliphatic carbocycles. The predicted octanol–water partition coefficient (Wildman–Crippen LogP) is 4.19. The summed E-state index contributed by atoms with van der Waals surface area (Å²) >= 11 is 0. The Hall–Kier alpha value is -2.37. The molecule has 3 aliphatic rings. The topological polar surface area (TPSA) is 44.8 Å². The van der Waals surface area contributed by atoms with Crippen LogP contribution in [0.3, 0.4) is 0 Å². The molecule has 0 saturated carbocycles. The highest BCUT2D eigenvalue weighted by Crippen LogP contribution is 2.41. The van der Waals surface area contributed by atoms with Crippen molar-refractivity contribution in [3.8, 4) is 5.75 Å². The van der Waals surface area contributed by atoms with Gasteiger partial charge in [0.15, 0.2) is 0 Å². The Morgan fingerprint density at radius 2 is 1.73 bits per heavy atom. The molecule has 0 unspecified atom stereocenters. The first-order valence-corrected chi connectivity index (χ1v) is 12.7. The highest BCUT2D eigenvalue weighted by atomic mass is 16.5. The normalized spacial score (nSPS) is 26.4. The third-order valence-corrected chi connectivity index (χ3v) is 7.71. The van der Waals surface area contributed by atoms with Crippen LogP contribution in [0.5, 0.6) is 5.75 Å². The number of likely N-dealkylation sites (tertiary alicyclic amines) is 2. The molecule has 1 N–H and O–H groups in total. The Balaban J connectivity index is 1.31. The van der Waals surface area contributed by atoms with E-state index in [4.69, 9.17) is 4.74 Å². The van der Waals surface area contributed by atoms with E-state index >= 15 is 0 Å². The van der Waals surface area contributed by atoms with Crippen LogP contribution in [0.2, 0.25) is 0 Å². The summed E-state index contributed by atoms with van der Waals surface area (Å²) in [6.07, 6.45) is 6.41. The van der Waals surface area contributed by atoms with Crippen molar-refractivity contribution in [1.82, 2.24) is 15.1 Å². The largest absolute Gasteiger partial charge is 0.492 e. The summed E-state index contributed by atoms with van der Waals surface area (Å²) in [7, 11) is 0. The Kier molecular flexibility index (Phi) is 6.98. The van der Waals surface area contributed by atoms with E-state index in [0.717, 1.165) is 57.8 Å². The first kappa shape index (κ1) is 22.4. The van der Waals surface area contributed by atoms with Gasteiger partial charge in [-0.3, -0.25) is 14.6 Å². The summed E-state index contributed by atoms with van der Waals surface area (Å²) in [6.45, 7) is 6.83. The number of nitrogens with zero attached hydrogens (tertiary/aromatic N) is 2. The van der Waals surface area contributed by atoms with Gasteiger partial charge >= 0.3 is 0 Å². The number of carbonyl (C=O) groups excluding carboxylic acids is 1. The van der Waals surface area contributed by atoms with E-state index in [-0.39, 0.29) is 11.4 Å². The van der Waals surface area contributed by atoms with Crippen molar-refractivity contribution in [1.29, 1.82) is 0 Å². The van der Waals surface area contributed by atoms with Gasteiger partial charge in [-0.15, -0.1) is 0 Å². The van der Waals surface area contributed by atoms with Crippen LogP contribution < -0.4 is 10.1 Å². The lowest BCUT2D eigenvalue weighted by atomic mass is 9.79. The molecule has 5 heteroatoms. The fraction of sp³-hybridized carbons (Fsp3) is 0.536. The van der Waals surface area contributed by atoms with Crippen molar-refractivity contribution in [2.24, 2.45) is 0 Å².